The largest absolute Gasteiger partial charge is 0.460 e. The Hall–Kier alpha value is -2.60. The zero-order chi connectivity index (χ0) is 20.9. The zero-order valence-electron chi connectivity index (χ0n) is 17.7. The average Bonchev–Trinajstić information content (AvgIpc) is 3.49. The lowest BCUT2D eigenvalue weighted by molar-refractivity contribution is -0.128. The van der Waals surface area contributed by atoms with Gasteiger partial charge >= 0.3 is 0 Å². The second-order valence-corrected chi connectivity index (χ2v) is 8.32. The number of piperazine rings is 1. The smallest absolute Gasteiger partial charge is 0.246 e. The van der Waals surface area contributed by atoms with Crippen molar-refractivity contribution in [3.8, 4) is 0 Å². The highest BCUT2D eigenvalue weighted by molar-refractivity contribution is 5.96. The highest BCUT2D eigenvalue weighted by Crippen LogP contribution is 2.28. The van der Waals surface area contributed by atoms with Crippen LogP contribution in [0.5, 0.6) is 0 Å². The van der Waals surface area contributed by atoms with E-state index in [0.717, 1.165) is 67.5 Å². The zero-order valence-corrected chi connectivity index (χ0v) is 17.7. The van der Waals surface area contributed by atoms with Crippen LogP contribution in [0.15, 0.2) is 34.8 Å². The van der Waals surface area contributed by atoms with Crippen LogP contribution in [0.25, 0.3) is 17.0 Å². The van der Waals surface area contributed by atoms with Crippen molar-refractivity contribution in [1.29, 1.82) is 0 Å². The number of nitrogens with zero attached hydrogens (tertiary/aromatic N) is 2. The van der Waals surface area contributed by atoms with Gasteiger partial charge in [-0.1, -0.05) is 31.5 Å². The molecule has 1 aliphatic carbocycles. The van der Waals surface area contributed by atoms with Gasteiger partial charge in [0.1, 0.15) is 11.3 Å². The average molecular weight is 410 g/mol. The van der Waals surface area contributed by atoms with Gasteiger partial charge in [0.2, 0.25) is 11.8 Å². The van der Waals surface area contributed by atoms with Crippen molar-refractivity contribution in [1.82, 2.24) is 15.1 Å². The van der Waals surface area contributed by atoms with Gasteiger partial charge in [-0.3, -0.25) is 14.5 Å². The molecule has 2 aliphatic rings. The van der Waals surface area contributed by atoms with E-state index in [4.69, 9.17) is 4.42 Å². The number of carbonyl (C=O) groups is 2. The molecule has 0 bridgehead atoms. The van der Waals surface area contributed by atoms with Gasteiger partial charge in [-0.25, -0.2) is 0 Å². The first-order chi connectivity index (χ1) is 14.6. The monoisotopic (exact) mass is 409 g/mol. The second kappa shape index (κ2) is 9.47. The van der Waals surface area contributed by atoms with Gasteiger partial charge in [0.25, 0.3) is 0 Å². The first-order valence-electron chi connectivity index (χ1n) is 11.1. The fraction of sp³-hybridized carbons (Fsp3) is 0.500. The number of rotatable bonds is 8. The topological polar surface area (TPSA) is 65.8 Å². The molecule has 1 aromatic heterocycles. The first-order valence-corrected chi connectivity index (χ1v) is 11.1. The lowest BCUT2D eigenvalue weighted by atomic mass is 10.1. The van der Waals surface area contributed by atoms with E-state index < -0.39 is 0 Å². The molecule has 1 aliphatic heterocycles. The van der Waals surface area contributed by atoms with Crippen LogP contribution in [-0.2, 0) is 16.0 Å². The molecular weight excluding hydrogens is 378 g/mol. The van der Waals surface area contributed by atoms with E-state index in [2.05, 4.69) is 17.1 Å². The van der Waals surface area contributed by atoms with E-state index in [1.165, 1.54) is 0 Å². The minimum atomic E-state index is 0.0174. The summed E-state index contributed by atoms with van der Waals surface area (Å²) in [6.07, 6.45) is 8.82. The molecule has 1 N–H and O–H groups in total. The minimum Gasteiger partial charge on any atom is -0.460 e. The van der Waals surface area contributed by atoms with Crippen molar-refractivity contribution in [2.75, 3.05) is 32.7 Å². The van der Waals surface area contributed by atoms with Crippen LogP contribution in [0, 0.1) is 0 Å². The Morgan fingerprint density at radius 2 is 1.93 bits per heavy atom. The number of carbonyl (C=O) groups excluding carboxylic acids is 2. The molecule has 2 fully saturated rings. The molecule has 1 saturated heterocycles. The van der Waals surface area contributed by atoms with E-state index in [9.17, 15) is 9.59 Å². The van der Waals surface area contributed by atoms with Crippen molar-refractivity contribution in [2.45, 2.75) is 45.1 Å². The SMILES string of the molecule is CCCCc1oc2ccccc2c1/C=C/C(=O)N1CCN(CC(=O)NC2CC2)CC1. The predicted molar refractivity (Wildman–Crippen MR) is 118 cm³/mol. The van der Waals surface area contributed by atoms with E-state index in [1.54, 1.807) is 6.08 Å². The summed E-state index contributed by atoms with van der Waals surface area (Å²) in [6.45, 7) is 5.35. The molecule has 0 atom stereocenters. The standard InChI is InChI=1S/C24H31N3O3/c1-2-3-7-21-20(19-6-4-5-8-22(19)30-21)11-12-24(29)27-15-13-26(14-16-27)17-23(28)25-18-9-10-18/h4-6,8,11-12,18H,2-3,7,9-10,13-17H2,1H3,(H,25,28)/b12-11+. The van der Waals surface area contributed by atoms with Crippen LogP contribution in [0.2, 0.25) is 0 Å². The predicted octanol–water partition coefficient (Wildman–Crippen LogP) is 3.21. The van der Waals surface area contributed by atoms with Gasteiger partial charge in [0.05, 0.1) is 6.54 Å². The number of hydrogen-bond donors (Lipinski definition) is 1. The van der Waals surface area contributed by atoms with Gasteiger partial charge in [-0.15, -0.1) is 0 Å². The second-order valence-electron chi connectivity index (χ2n) is 8.32. The van der Waals surface area contributed by atoms with Crippen molar-refractivity contribution in [3.63, 3.8) is 0 Å². The fourth-order valence-electron chi connectivity index (χ4n) is 3.91. The quantitative estimate of drug-likeness (QED) is 0.680. The fourth-order valence-corrected chi connectivity index (χ4v) is 3.91. The van der Waals surface area contributed by atoms with E-state index in [-0.39, 0.29) is 11.8 Å². The third-order valence-corrected chi connectivity index (χ3v) is 5.85. The number of benzene rings is 1. The number of unbranched alkanes of at least 4 members (excludes halogenated alkanes) is 1. The molecule has 4 rings (SSSR count). The number of hydrogen-bond acceptors (Lipinski definition) is 4. The molecule has 0 spiro atoms. The summed E-state index contributed by atoms with van der Waals surface area (Å²) >= 11 is 0. The summed E-state index contributed by atoms with van der Waals surface area (Å²) in [5, 5.41) is 4.08. The molecule has 0 unspecified atom stereocenters. The minimum absolute atomic E-state index is 0.0174. The Kier molecular flexibility index (Phi) is 6.53. The molecule has 2 aromatic rings. The summed E-state index contributed by atoms with van der Waals surface area (Å²) in [5.41, 5.74) is 1.89. The number of amides is 2. The van der Waals surface area contributed by atoms with Crippen molar-refractivity contribution >= 4 is 28.9 Å². The Morgan fingerprint density at radius 1 is 1.17 bits per heavy atom. The Bertz CT molecular complexity index is 921. The van der Waals surface area contributed by atoms with Gasteiger partial charge in [0.15, 0.2) is 0 Å². The summed E-state index contributed by atoms with van der Waals surface area (Å²) < 4.78 is 6.04. The van der Waals surface area contributed by atoms with Crippen LogP contribution in [0.3, 0.4) is 0 Å². The molecule has 2 heterocycles. The Morgan fingerprint density at radius 3 is 2.67 bits per heavy atom. The lowest BCUT2D eigenvalue weighted by Gasteiger charge is -2.33. The van der Waals surface area contributed by atoms with Gasteiger partial charge in [-0.2, -0.15) is 0 Å². The molecule has 1 aromatic carbocycles. The van der Waals surface area contributed by atoms with Crippen LogP contribution in [-0.4, -0.2) is 60.4 Å². The summed E-state index contributed by atoms with van der Waals surface area (Å²) in [4.78, 5) is 28.7. The van der Waals surface area contributed by atoms with Crippen LogP contribution in [0.4, 0.5) is 0 Å². The number of para-hydroxylation sites is 1. The van der Waals surface area contributed by atoms with Gasteiger partial charge < -0.3 is 14.6 Å². The normalized spacial score (nSPS) is 17.7. The number of nitrogens with one attached hydrogen (secondary N) is 1. The molecule has 30 heavy (non-hydrogen) atoms. The highest BCUT2D eigenvalue weighted by atomic mass is 16.3. The van der Waals surface area contributed by atoms with Crippen molar-refractivity contribution in [2.24, 2.45) is 0 Å². The molecule has 2 amide bonds. The first kappa shape index (κ1) is 20.7. The van der Waals surface area contributed by atoms with Crippen molar-refractivity contribution in [3.05, 3.63) is 41.7 Å². The Balaban J connectivity index is 1.35. The third kappa shape index (κ3) is 5.11. The highest BCUT2D eigenvalue weighted by Gasteiger charge is 2.26. The maximum absolute atomic E-state index is 12.7. The van der Waals surface area contributed by atoms with Crippen LogP contribution >= 0.6 is 0 Å². The lowest BCUT2D eigenvalue weighted by Crippen LogP contribution is -2.51. The number of furan rings is 1. The van der Waals surface area contributed by atoms with Gasteiger partial charge in [-0.05, 0) is 31.4 Å². The van der Waals surface area contributed by atoms with Crippen molar-refractivity contribution < 1.29 is 14.0 Å². The number of aryl methyl sites for hydroxylation is 1. The van der Waals surface area contributed by atoms with Crippen LogP contribution < -0.4 is 5.32 Å². The van der Waals surface area contributed by atoms with Crippen LogP contribution in [0.1, 0.15) is 43.9 Å². The third-order valence-electron chi connectivity index (χ3n) is 5.85. The maximum Gasteiger partial charge on any atom is 0.246 e. The summed E-state index contributed by atoms with van der Waals surface area (Å²) in [7, 11) is 0. The molecule has 160 valence electrons. The Labute approximate surface area is 177 Å². The van der Waals surface area contributed by atoms with E-state index in [1.807, 2.05) is 35.2 Å². The molecule has 6 nitrogen and oxygen atoms in total. The summed E-state index contributed by atoms with van der Waals surface area (Å²) in [5.74, 6) is 1.07. The molecule has 6 heteroatoms. The molecular formula is C24H31N3O3. The van der Waals surface area contributed by atoms with E-state index >= 15 is 0 Å². The number of fused-ring (bicyclic) bond motifs is 1. The summed E-state index contributed by atoms with van der Waals surface area (Å²) in [6, 6.07) is 8.39. The maximum atomic E-state index is 12.7. The molecule has 1 saturated carbocycles. The molecule has 0 radical (unpaired) electrons. The van der Waals surface area contributed by atoms with E-state index in [0.29, 0.717) is 25.7 Å². The van der Waals surface area contributed by atoms with Gasteiger partial charge in [0, 0.05) is 55.7 Å².